The molecule has 0 spiro atoms. The van der Waals surface area contributed by atoms with Crippen molar-refractivity contribution in [3.05, 3.63) is 60.2 Å². The standard InChI is InChI=1S/C21H24N2O2/c1-15-20(16-11-13-23(15)14-12-16)22-21(24)17-7-9-19(10-8-17)25-18-5-3-2-4-6-18/h2-10,15-16,20H,11-14H2,1H3,(H,22,24)/t15-,20-/m0/s1. The van der Waals surface area contributed by atoms with Crippen molar-refractivity contribution in [2.75, 3.05) is 13.1 Å². The van der Waals surface area contributed by atoms with E-state index in [0.717, 1.165) is 11.5 Å². The molecule has 130 valence electrons. The molecule has 2 aromatic carbocycles. The Hall–Kier alpha value is -2.33. The molecule has 4 heteroatoms. The second-order valence-corrected chi connectivity index (χ2v) is 7.05. The SMILES string of the molecule is C[C@H]1[C@H](NC(=O)c2ccc(Oc3ccccc3)cc2)C2CCN1CC2. The van der Waals surface area contributed by atoms with Crippen molar-refractivity contribution < 1.29 is 9.53 Å². The summed E-state index contributed by atoms with van der Waals surface area (Å²) < 4.78 is 5.78. The number of benzene rings is 2. The monoisotopic (exact) mass is 336 g/mol. The van der Waals surface area contributed by atoms with Crippen LogP contribution in [0.5, 0.6) is 11.5 Å². The highest BCUT2D eigenvalue weighted by Gasteiger charge is 2.40. The van der Waals surface area contributed by atoms with Gasteiger partial charge >= 0.3 is 0 Å². The van der Waals surface area contributed by atoms with Gasteiger partial charge in [0.05, 0.1) is 0 Å². The van der Waals surface area contributed by atoms with Crippen LogP contribution in [0, 0.1) is 5.92 Å². The van der Waals surface area contributed by atoms with Crippen LogP contribution in [0.4, 0.5) is 0 Å². The average Bonchev–Trinajstić information content (AvgIpc) is 2.66. The fourth-order valence-corrected chi connectivity index (χ4v) is 4.08. The van der Waals surface area contributed by atoms with E-state index in [1.54, 1.807) is 0 Å². The quantitative estimate of drug-likeness (QED) is 0.926. The minimum atomic E-state index is 0.0110. The van der Waals surface area contributed by atoms with Crippen LogP contribution in [0.15, 0.2) is 54.6 Å². The number of hydrogen-bond acceptors (Lipinski definition) is 3. The van der Waals surface area contributed by atoms with Crippen molar-refractivity contribution in [2.24, 2.45) is 5.92 Å². The van der Waals surface area contributed by atoms with Crippen molar-refractivity contribution in [3.63, 3.8) is 0 Å². The lowest BCUT2D eigenvalue weighted by molar-refractivity contribution is 0.0217. The summed E-state index contributed by atoms with van der Waals surface area (Å²) in [6.07, 6.45) is 2.39. The van der Waals surface area contributed by atoms with Crippen LogP contribution in [0.1, 0.15) is 30.1 Å². The van der Waals surface area contributed by atoms with E-state index in [9.17, 15) is 4.79 Å². The zero-order valence-corrected chi connectivity index (χ0v) is 14.5. The molecule has 0 aliphatic carbocycles. The normalized spacial score (nSPS) is 27.7. The van der Waals surface area contributed by atoms with E-state index in [4.69, 9.17) is 4.74 Å². The average molecular weight is 336 g/mol. The number of nitrogens with zero attached hydrogens (tertiary/aromatic N) is 1. The van der Waals surface area contributed by atoms with Crippen LogP contribution in [-0.2, 0) is 0 Å². The van der Waals surface area contributed by atoms with E-state index in [2.05, 4.69) is 17.1 Å². The predicted octanol–water partition coefficient (Wildman–Crippen LogP) is 3.69. The molecule has 3 fully saturated rings. The van der Waals surface area contributed by atoms with E-state index in [0.29, 0.717) is 17.5 Å². The molecule has 1 N–H and O–H groups in total. The molecule has 2 bridgehead atoms. The van der Waals surface area contributed by atoms with Crippen molar-refractivity contribution in [3.8, 4) is 11.5 Å². The summed E-state index contributed by atoms with van der Waals surface area (Å²) in [6, 6.07) is 17.7. The van der Waals surface area contributed by atoms with Crippen LogP contribution < -0.4 is 10.1 Å². The number of amides is 1. The summed E-state index contributed by atoms with van der Waals surface area (Å²) in [5.74, 6) is 2.15. The number of nitrogens with one attached hydrogen (secondary N) is 1. The largest absolute Gasteiger partial charge is 0.457 e. The number of ether oxygens (including phenoxy) is 1. The summed E-state index contributed by atoms with van der Waals surface area (Å²) in [4.78, 5) is 15.1. The van der Waals surface area contributed by atoms with Gasteiger partial charge < -0.3 is 10.1 Å². The maximum Gasteiger partial charge on any atom is 0.251 e. The van der Waals surface area contributed by atoms with Crippen LogP contribution in [0.25, 0.3) is 0 Å². The first kappa shape index (κ1) is 16.2. The van der Waals surface area contributed by atoms with Gasteiger partial charge in [-0.15, -0.1) is 0 Å². The molecular formula is C21H24N2O2. The number of carbonyl (C=O) groups excluding carboxylic acids is 1. The highest BCUT2D eigenvalue weighted by Crippen LogP contribution is 2.32. The van der Waals surface area contributed by atoms with Gasteiger partial charge in [0.1, 0.15) is 11.5 Å². The van der Waals surface area contributed by atoms with E-state index in [1.165, 1.54) is 25.9 Å². The number of para-hydroxylation sites is 1. The van der Waals surface area contributed by atoms with Gasteiger partial charge in [0.15, 0.2) is 0 Å². The molecular weight excluding hydrogens is 312 g/mol. The Kier molecular flexibility index (Phi) is 4.45. The molecule has 2 aromatic rings. The Bertz CT molecular complexity index is 719. The zero-order valence-electron chi connectivity index (χ0n) is 14.5. The highest BCUT2D eigenvalue weighted by molar-refractivity contribution is 5.94. The summed E-state index contributed by atoms with van der Waals surface area (Å²) in [6.45, 7) is 4.57. The van der Waals surface area contributed by atoms with Gasteiger partial charge in [0.25, 0.3) is 5.91 Å². The molecule has 5 rings (SSSR count). The summed E-state index contributed by atoms with van der Waals surface area (Å²) >= 11 is 0. The Morgan fingerprint density at radius 2 is 1.64 bits per heavy atom. The Morgan fingerprint density at radius 1 is 1.00 bits per heavy atom. The summed E-state index contributed by atoms with van der Waals surface area (Å²) in [5.41, 5.74) is 0.684. The molecule has 25 heavy (non-hydrogen) atoms. The minimum Gasteiger partial charge on any atom is -0.457 e. The molecule has 3 saturated heterocycles. The van der Waals surface area contributed by atoms with Crippen LogP contribution >= 0.6 is 0 Å². The lowest BCUT2D eigenvalue weighted by Gasteiger charge is -2.49. The van der Waals surface area contributed by atoms with E-state index in [-0.39, 0.29) is 11.9 Å². The fourth-order valence-electron chi connectivity index (χ4n) is 4.08. The van der Waals surface area contributed by atoms with Gasteiger partial charge in [-0.3, -0.25) is 9.69 Å². The van der Waals surface area contributed by atoms with Gasteiger partial charge in [-0.25, -0.2) is 0 Å². The van der Waals surface area contributed by atoms with Crippen LogP contribution in [0.3, 0.4) is 0 Å². The summed E-state index contributed by atoms with van der Waals surface area (Å²) in [5, 5.41) is 3.26. The smallest absolute Gasteiger partial charge is 0.251 e. The van der Waals surface area contributed by atoms with E-state index >= 15 is 0 Å². The predicted molar refractivity (Wildman–Crippen MR) is 98.0 cm³/mol. The third-order valence-corrected chi connectivity index (χ3v) is 5.57. The molecule has 0 aromatic heterocycles. The topological polar surface area (TPSA) is 41.6 Å². The van der Waals surface area contributed by atoms with Gasteiger partial charge in [0, 0.05) is 17.6 Å². The first-order valence-corrected chi connectivity index (χ1v) is 9.08. The maximum atomic E-state index is 12.6. The number of rotatable bonds is 4. The second kappa shape index (κ2) is 6.89. The minimum absolute atomic E-state index is 0.0110. The number of carbonyl (C=O) groups is 1. The van der Waals surface area contributed by atoms with Gasteiger partial charge in [-0.2, -0.15) is 0 Å². The molecule has 0 saturated carbocycles. The highest BCUT2D eigenvalue weighted by atomic mass is 16.5. The van der Waals surface area contributed by atoms with Gasteiger partial charge in [0.2, 0.25) is 0 Å². The van der Waals surface area contributed by atoms with Crippen molar-refractivity contribution in [2.45, 2.75) is 31.8 Å². The molecule has 0 radical (unpaired) electrons. The molecule has 0 unspecified atom stereocenters. The lowest BCUT2D eigenvalue weighted by Crippen LogP contribution is -2.62. The number of hydrogen-bond donors (Lipinski definition) is 1. The Labute approximate surface area is 148 Å². The third kappa shape index (κ3) is 3.40. The van der Waals surface area contributed by atoms with Crippen molar-refractivity contribution in [1.29, 1.82) is 0 Å². The molecule has 3 heterocycles. The van der Waals surface area contributed by atoms with Gasteiger partial charge in [-0.05, 0) is 75.2 Å². The lowest BCUT2D eigenvalue weighted by atomic mass is 9.79. The van der Waals surface area contributed by atoms with E-state index in [1.807, 2.05) is 54.6 Å². The Morgan fingerprint density at radius 3 is 2.28 bits per heavy atom. The maximum absolute atomic E-state index is 12.6. The van der Waals surface area contributed by atoms with Crippen molar-refractivity contribution in [1.82, 2.24) is 10.2 Å². The third-order valence-electron chi connectivity index (χ3n) is 5.57. The first-order valence-electron chi connectivity index (χ1n) is 9.08. The molecule has 3 aliphatic heterocycles. The first-order chi connectivity index (χ1) is 12.2. The Balaban J connectivity index is 1.41. The second-order valence-electron chi connectivity index (χ2n) is 7.05. The fraction of sp³-hybridized carbons (Fsp3) is 0.381. The zero-order chi connectivity index (χ0) is 17.2. The van der Waals surface area contributed by atoms with Crippen LogP contribution in [0.2, 0.25) is 0 Å². The number of fused-ring (bicyclic) bond motifs is 3. The summed E-state index contributed by atoms with van der Waals surface area (Å²) in [7, 11) is 0. The molecule has 2 atom stereocenters. The number of piperidine rings is 3. The van der Waals surface area contributed by atoms with Crippen molar-refractivity contribution >= 4 is 5.91 Å². The molecule has 1 amide bonds. The van der Waals surface area contributed by atoms with Gasteiger partial charge in [-0.1, -0.05) is 18.2 Å². The molecule has 4 nitrogen and oxygen atoms in total. The van der Waals surface area contributed by atoms with E-state index < -0.39 is 0 Å². The van der Waals surface area contributed by atoms with Crippen LogP contribution in [-0.4, -0.2) is 36.0 Å². The molecule has 3 aliphatic rings.